The molecular formula is C13H11F3N2O4S. The summed E-state index contributed by atoms with van der Waals surface area (Å²) < 4.78 is 43.7. The van der Waals surface area contributed by atoms with Gasteiger partial charge < -0.3 is 15.0 Å². The van der Waals surface area contributed by atoms with Crippen molar-refractivity contribution in [1.82, 2.24) is 4.90 Å². The molecule has 1 aliphatic rings. The molecule has 124 valence electrons. The highest BCUT2D eigenvalue weighted by Crippen LogP contribution is 2.19. The predicted octanol–water partition coefficient (Wildman–Crippen LogP) is 1.75. The normalized spacial score (nSPS) is 14.0. The first-order valence-electron chi connectivity index (χ1n) is 6.39. The topological polar surface area (TPSA) is 75.7 Å². The Labute approximate surface area is 133 Å². The summed E-state index contributed by atoms with van der Waals surface area (Å²) in [6.45, 7) is -0.629. The molecule has 0 spiro atoms. The Morgan fingerprint density at radius 2 is 2.00 bits per heavy atom. The van der Waals surface area contributed by atoms with Crippen molar-refractivity contribution in [1.29, 1.82) is 0 Å². The lowest BCUT2D eigenvalue weighted by molar-refractivity contribution is -0.147. The van der Waals surface area contributed by atoms with Gasteiger partial charge in [0, 0.05) is 12.3 Å². The van der Waals surface area contributed by atoms with E-state index in [4.69, 9.17) is 0 Å². The minimum Gasteiger partial charge on any atom is -0.454 e. The fraction of sp³-hybridized carbons (Fsp3) is 0.308. The van der Waals surface area contributed by atoms with Crippen LogP contribution in [-0.4, -0.2) is 47.5 Å². The predicted molar refractivity (Wildman–Crippen MR) is 75.3 cm³/mol. The molecule has 23 heavy (non-hydrogen) atoms. The molecule has 10 heteroatoms. The monoisotopic (exact) mass is 348 g/mol. The van der Waals surface area contributed by atoms with Gasteiger partial charge in [-0.1, -0.05) is 11.8 Å². The third-order valence-corrected chi connectivity index (χ3v) is 3.73. The van der Waals surface area contributed by atoms with Crippen LogP contribution in [0, 0.1) is 17.5 Å². The molecule has 1 aromatic rings. The van der Waals surface area contributed by atoms with Crippen LogP contribution in [0.2, 0.25) is 0 Å². The summed E-state index contributed by atoms with van der Waals surface area (Å²) in [6.07, 6.45) is 0. The Hall–Kier alpha value is -2.23. The number of hydrogen-bond acceptors (Lipinski definition) is 5. The van der Waals surface area contributed by atoms with Gasteiger partial charge in [0.1, 0.15) is 6.54 Å². The molecule has 2 amide bonds. The molecule has 1 N–H and O–H groups in total. The number of nitrogens with zero attached hydrogens (tertiary/aromatic N) is 1. The van der Waals surface area contributed by atoms with Crippen LogP contribution in [0.3, 0.4) is 0 Å². The molecule has 1 heterocycles. The number of esters is 1. The minimum atomic E-state index is -1.72. The van der Waals surface area contributed by atoms with Gasteiger partial charge in [-0.15, -0.1) is 0 Å². The van der Waals surface area contributed by atoms with Gasteiger partial charge in [-0.25, -0.2) is 13.2 Å². The van der Waals surface area contributed by atoms with Crippen molar-refractivity contribution in [2.75, 3.05) is 30.8 Å². The maximum atomic E-state index is 13.4. The molecule has 1 fully saturated rings. The van der Waals surface area contributed by atoms with E-state index >= 15 is 0 Å². The first-order valence-corrected chi connectivity index (χ1v) is 7.37. The molecule has 0 unspecified atom stereocenters. The molecule has 0 aromatic heterocycles. The van der Waals surface area contributed by atoms with E-state index in [2.05, 4.69) is 4.74 Å². The highest BCUT2D eigenvalue weighted by Gasteiger charge is 2.24. The first kappa shape index (κ1) is 17.1. The second kappa shape index (κ2) is 7.36. The summed E-state index contributed by atoms with van der Waals surface area (Å²) in [5, 5.41) is 1.70. The third kappa shape index (κ3) is 4.38. The summed E-state index contributed by atoms with van der Waals surface area (Å²) >= 11 is 1.07. The lowest BCUT2D eigenvalue weighted by atomic mass is 10.3. The molecule has 0 bridgehead atoms. The van der Waals surface area contributed by atoms with Crippen molar-refractivity contribution in [2.45, 2.75) is 0 Å². The number of hydrogen-bond donors (Lipinski definition) is 1. The Kier molecular flexibility index (Phi) is 5.48. The van der Waals surface area contributed by atoms with E-state index in [0.29, 0.717) is 18.4 Å². The minimum absolute atomic E-state index is 0.254. The fourth-order valence-corrected chi connectivity index (χ4v) is 2.55. The van der Waals surface area contributed by atoms with Crippen LogP contribution in [0.25, 0.3) is 0 Å². The number of nitrogens with one attached hydrogen (secondary N) is 1. The zero-order valence-corrected chi connectivity index (χ0v) is 12.4. The first-order chi connectivity index (χ1) is 10.9. The van der Waals surface area contributed by atoms with Crippen molar-refractivity contribution in [3.63, 3.8) is 0 Å². The third-order valence-electron chi connectivity index (χ3n) is 2.84. The SMILES string of the molecule is O=C(COC(=O)CN1CCSC1=O)Nc1ccc(F)c(F)c1F. The molecule has 0 saturated carbocycles. The van der Waals surface area contributed by atoms with E-state index in [1.165, 1.54) is 4.90 Å². The quantitative estimate of drug-likeness (QED) is 0.648. The van der Waals surface area contributed by atoms with Gasteiger partial charge in [-0.05, 0) is 12.1 Å². The lowest BCUT2D eigenvalue weighted by Gasteiger charge is -2.13. The average Bonchev–Trinajstić information content (AvgIpc) is 2.91. The molecule has 1 aliphatic heterocycles. The van der Waals surface area contributed by atoms with Gasteiger partial charge in [0.05, 0.1) is 5.69 Å². The highest BCUT2D eigenvalue weighted by atomic mass is 32.2. The molecule has 0 radical (unpaired) electrons. The summed E-state index contributed by atoms with van der Waals surface area (Å²) in [6, 6.07) is 1.49. The molecule has 1 saturated heterocycles. The van der Waals surface area contributed by atoms with Crippen LogP contribution in [0.1, 0.15) is 0 Å². The Morgan fingerprint density at radius 3 is 2.65 bits per heavy atom. The second-order valence-corrected chi connectivity index (χ2v) is 5.51. The van der Waals surface area contributed by atoms with Crippen LogP contribution in [0.15, 0.2) is 12.1 Å². The van der Waals surface area contributed by atoms with Gasteiger partial charge in [0.2, 0.25) is 0 Å². The maximum Gasteiger partial charge on any atom is 0.326 e. The van der Waals surface area contributed by atoms with Gasteiger partial charge in [0.25, 0.3) is 11.1 Å². The number of ether oxygens (including phenoxy) is 1. The number of thioether (sulfide) groups is 1. The molecule has 0 aliphatic carbocycles. The second-order valence-electron chi connectivity index (χ2n) is 4.47. The van der Waals surface area contributed by atoms with Crippen LogP contribution in [0.4, 0.5) is 23.7 Å². The van der Waals surface area contributed by atoms with Crippen LogP contribution in [-0.2, 0) is 14.3 Å². The summed E-state index contributed by atoms with van der Waals surface area (Å²) in [7, 11) is 0. The summed E-state index contributed by atoms with van der Waals surface area (Å²) in [5.41, 5.74) is -0.573. The van der Waals surface area contributed by atoms with E-state index in [9.17, 15) is 27.6 Å². The highest BCUT2D eigenvalue weighted by molar-refractivity contribution is 8.13. The zero-order valence-electron chi connectivity index (χ0n) is 11.6. The van der Waals surface area contributed by atoms with E-state index in [-0.39, 0.29) is 11.8 Å². The van der Waals surface area contributed by atoms with Gasteiger partial charge in [-0.3, -0.25) is 14.4 Å². The number of rotatable bonds is 5. The van der Waals surface area contributed by atoms with E-state index in [1.807, 2.05) is 5.32 Å². The number of benzene rings is 1. The summed E-state index contributed by atoms with van der Waals surface area (Å²) in [5.74, 6) is -5.82. The van der Waals surface area contributed by atoms with Crippen molar-refractivity contribution >= 4 is 34.6 Å². The Bertz CT molecular complexity index is 656. The van der Waals surface area contributed by atoms with Crippen molar-refractivity contribution in [3.05, 3.63) is 29.6 Å². The molecule has 1 aromatic carbocycles. The van der Waals surface area contributed by atoms with E-state index < -0.39 is 41.6 Å². The van der Waals surface area contributed by atoms with Gasteiger partial charge in [-0.2, -0.15) is 0 Å². The van der Waals surface area contributed by atoms with Crippen LogP contribution < -0.4 is 5.32 Å². The Balaban J connectivity index is 1.82. The molecule has 6 nitrogen and oxygen atoms in total. The lowest BCUT2D eigenvalue weighted by Crippen LogP contribution is -2.32. The Morgan fingerprint density at radius 1 is 1.26 bits per heavy atom. The van der Waals surface area contributed by atoms with Crippen LogP contribution in [0.5, 0.6) is 0 Å². The number of anilines is 1. The maximum absolute atomic E-state index is 13.4. The molecular weight excluding hydrogens is 337 g/mol. The fourth-order valence-electron chi connectivity index (χ4n) is 1.73. The van der Waals surface area contributed by atoms with Crippen molar-refractivity contribution in [3.8, 4) is 0 Å². The standard InChI is InChI=1S/C13H11F3N2O4S/c14-7-1-2-8(12(16)11(7)15)17-9(19)6-22-10(20)5-18-3-4-23-13(18)21/h1-2H,3-6H2,(H,17,19). The van der Waals surface area contributed by atoms with Gasteiger partial charge in [0.15, 0.2) is 24.1 Å². The zero-order chi connectivity index (χ0) is 17.0. The smallest absolute Gasteiger partial charge is 0.326 e. The van der Waals surface area contributed by atoms with E-state index in [0.717, 1.165) is 17.8 Å². The number of amides is 2. The van der Waals surface area contributed by atoms with E-state index in [1.54, 1.807) is 0 Å². The number of carbonyl (C=O) groups excluding carboxylic acids is 3. The van der Waals surface area contributed by atoms with Crippen molar-refractivity contribution in [2.24, 2.45) is 0 Å². The summed E-state index contributed by atoms with van der Waals surface area (Å²) in [4.78, 5) is 35.5. The largest absolute Gasteiger partial charge is 0.454 e. The average molecular weight is 348 g/mol. The van der Waals surface area contributed by atoms with Gasteiger partial charge >= 0.3 is 5.97 Å². The van der Waals surface area contributed by atoms with Crippen molar-refractivity contribution < 1.29 is 32.3 Å². The number of carbonyl (C=O) groups is 3. The van der Waals surface area contributed by atoms with Crippen LogP contribution >= 0.6 is 11.8 Å². The molecule has 2 rings (SSSR count). The molecule has 0 atom stereocenters. The number of halogens is 3.